The van der Waals surface area contributed by atoms with E-state index in [-0.39, 0.29) is 5.97 Å². The lowest BCUT2D eigenvalue weighted by Crippen LogP contribution is -2.08. The number of esters is 1. The van der Waals surface area contributed by atoms with Crippen molar-refractivity contribution in [2.45, 2.75) is 13.8 Å². The summed E-state index contributed by atoms with van der Waals surface area (Å²) in [6.07, 6.45) is 0. The van der Waals surface area contributed by atoms with Gasteiger partial charge in [0.15, 0.2) is 0 Å². The summed E-state index contributed by atoms with van der Waals surface area (Å²) in [6, 6.07) is 17.0. The van der Waals surface area contributed by atoms with Crippen molar-refractivity contribution in [3.63, 3.8) is 0 Å². The smallest absolute Gasteiger partial charge is 0.338 e. The number of benzene rings is 2. The van der Waals surface area contributed by atoms with Crippen molar-refractivity contribution in [3.8, 4) is 0 Å². The van der Waals surface area contributed by atoms with Crippen molar-refractivity contribution >= 4 is 34.8 Å². The van der Waals surface area contributed by atoms with Crippen LogP contribution >= 0.6 is 0 Å². The van der Waals surface area contributed by atoms with E-state index in [9.17, 15) is 4.79 Å². The fourth-order valence-corrected chi connectivity index (χ4v) is 2.71. The SMILES string of the molecule is CCOC(=O)c1ccc(Nc2cc(C)nc(Nc3ccc(N(C)C)cc3)n2)cc1. The van der Waals surface area contributed by atoms with Crippen molar-refractivity contribution in [1.29, 1.82) is 0 Å². The van der Waals surface area contributed by atoms with Gasteiger partial charge >= 0.3 is 5.97 Å². The van der Waals surface area contributed by atoms with Crippen LogP contribution in [0.1, 0.15) is 23.0 Å². The van der Waals surface area contributed by atoms with Crippen molar-refractivity contribution in [1.82, 2.24) is 9.97 Å². The van der Waals surface area contributed by atoms with Gasteiger partial charge in [-0.05, 0) is 62.4 Å². The van der Waals surface area contributed by atoms with Crippen LogP contribution in [0.25, 0.3) is 0 Å². The van der Waals surface area contributed by atoms with E-state index in [1.165, 1.54) is 0 Å². The number of nitrogens with one attached hydrogen (secondary N) is 2. The molecule has 3 aromatic rings. The number of carbonyl (C=O) groups is 1. The Bertz CT molecular complexity index is 969. The Labute approximate surface area is 170 Å². The van der Waals surface area contributed by atoms with Gasteiger partial charge in [-0.25, -0.2) is 9.78 Å². The van der Waals surface area contributed by atoms with Crippen LogP contribution in [0.3, 0.4) is 0 Å². The zero-order valence-electron chi connectivity index (χ0n) is 17.1. The molecule has 1 heterocycles. The van der Waals surface area contributed by atoms with E-state index in [1.54, 1.807) is 19.1 Å². The molecule has 0 aliphatic rings. The number of hydrogen-bond acceptors (Lipinski definition) is 7. The van der Waals surface area contributed by atoms with E-state index in [0.29, 0.717) is 23.9 Å². The highest BCUT2D eigenvalue weighted by Gasteiger charge is 2.07. The van der Waals surface area contributed by atoms with Crippen LogP contribution in [0.5, 0.6) is 0 Å². The molecule has 0 saturated carbocycles. The summed E-state index contributed by atoms with van der Waals surface area (Å²) >= 11 is 0. The average molecular weight is 391 g/mol. The van der Waals surface area contributed by atoms with Crippen LogP contribution in [0, 0.1) is 6.92 Å². The van der Waals surface area contributed by atoms with Gasteiger partial charge in [0.25, 0.3) is 0 Å². The third kappa shape index (κ3) is 5.44. The molecule has 3 rings (SSSR count). The maximum atomic E-state index is 11.8. The van der Waals surface area contributed by atoms with Crippen molar-refractivity contribution in [2.75, 3.05) is 36.2 Å². The quantitative estimate of drug-likeness (QED) is 0.574. The molecule has 1 aromatic heterocycles. The fourth-order valence-electron chi connectivity index (χ4n) is 2.71. The molecule has 0 saturated heterocycles. The van der Waals surface area contributed by atoms with Gasteiger partial charge in [0.1, 0.15) is 5.82 Å². The molecule has 2 N–H and O–H groups in total. The number of nitrogens with zero attached hydrogens (tertiary/aromatic N) is 3. The maximum absolute atomic E-state index is 11.8. The normalized spacial score (nSPS) is 10.3. The van der Waals surface area contributed by atoms with Crippen LogP contribution in [0.2, 0.25) is 0 Å². The molecule has 0 fully saturated rings. The molecule has 7 nitrogen and oxygen atoms in total. The van der Waals surface area contributed by atoms with E-state index in [1.807, 2.05) is 68.4 Å². The second kappa shape index (κ2) is 9.05. The number of hydrogen-bond donors (Lipinski definition) is 2. The molecule has 7 heteroatoms. The summed E-state index contributed by atoms with van der Waals surface area (Å²) in [5.74, 6) is 0.839. The fraction of sp³-hybridized carbons (Fsp3) is 0.227. The van der Waals surface area contributed by atoms with Gasteiger partial charge in [-0.15, -0.1) is 0 Å². The molecule has 0 aliphatic heterocycles. The van der Waals surface area contributed by atoms with Gasteiger partial charge in [-0.3, -0.25) is 0 Å². The first kappa shape index (κ1) is 20.1. The number of rotatable bonds is 7. The largest absolute Gasteiger partial charge is 0.462 e. The summed E-state index contributed by atoms with van der Waals surface area (Å²) in [5, 5.41) is 6.48. The molecule has 2 aromatic carbocycles. The van der Waals surface area contributed by atoms with Crippen LogP contribution in [-0.4, -0.2) is 36.6 Å². The van der Waals surface area contributed by atoms with Crippen LogP contribution in [0.4, 0.5) is 28.8 Å². The molecular formula is C22H25N5O2. The summed E-state index contributed by atoms with van der Waals surface area (Å²) in [4.78, 5) is 22.8. The second-order valence-corrected chi connectivity index (χ2v) is 6.71. The Hall–Kier alpha value is -3.61. The topological polar surface area (TPSA) is 79.4 Å². The summed E-state index contributed by atoms with van der Waals surface area (Å²) < 4.78 is 5.00. The van der Waals surface area contributed by atoms with E-state index in [2.05, 4.69) is 20.6 Å². The van der Waals surface area contributed by atoms with Crippen LogP contribution < -0.4 is 15.5 Å². The van der Waals surface area contributed by atoms with Crippen LogP contribution in [0.15, 0.2) is 54.6 Å². The van der Waals surface area contributed by atoms with Crippen molar-refractivity contribution < 1.29 is 9.53 Å². The second-order valence-electron chi connectivity index (χ2n) is 6.71. The first-order chi connectivity index (χ1) is 13.9. The predicted octanol–water partition coefficient (Wildman–Crippen LogP) is 4.51. The number of anilines is 5. The standard InChI is InChI=1S/C22H25N5O2/c1-5-29-21(28)16-6-8-17(9-7-16)24-20-14-15(2)23-22(26-20)25-18-10-12-19(13-11-18)27(3)4/h6-14H,5H2,1-4H3,(H2,23,24,25,26). The monoisotopic (exact) mass is 391 g/mol. The number of aromatic nitrogens is 2. The predicted molar refractivity (Wildman–Crippen MR) is 117 cm³/mol. The van der Waals surface area contributed by atoms with Gasteiger partial charge in [0.2, 0.25) is 5.95 Å². The van der Waals surface area contributed by atoms with Gasteiger partial charge in [0.05, 0.1) is 12.2 Å². The Morgan fingerprint density at radius 1 is 0.966 bits per heavy atom. The minimum Gasteiger partial charge on any atom is -0.462 e. The van der Waals surface area contributed by atoms with E-state index in [4.69, 9.17) is 4.74 Å². The minimum atomic E-state index is -0.330. The first-order valence-corrected chi connectivity index (χ1v) is 9.39. The molecule has 0 unspecified atom stereocenters. The third-order valence-corrected chi connectivity index (χ3v) is 4.16. The minimum absolute atomic E-state index is 0.330. The zero-order chi connectivity index (χ0) is 20.8. The maximum Gasteiger partial charge on any atom is 0.338 e. The molecule has 29 heavy (non-hydrogen) atoms. The molecule has 0 bridgehead atoms. The Balaban J connectivity index is 1.72. The lowest BCUT2D eigenvalue weighted by atomic mass is 10.2. The van der Waals surface area contributed by atoms with Crippen molar-refractivity contribution in [3.05, 3.63) is 65.9 Å². The number of aryl methyl sites for hydroxylation is 1. The third-order valence-electron chi connectivity index (χ3n) is 4.16. The zero-order valence-corrected chi connectivity index (χ0v) is 17.1. The molecule has 0 aliphatic carbocycles. The van der Waals surface area contributed by atoms with E-state index in [0.717, 1.165) is 22.8 Å². The first-order valence-electron chi connectivity index (χ1n) is 9.39. The molecule has 0 atom stereocenters. The average Bonchev–Trinajstić information content (AvgIpc) is 2.68. The highest BCUT2D eigenvalue weighted by atomic mass is 16.5. The molecule has 0 spiro atoms. The lowest BCUT2D eigenvalue weighted by Gasteiger charge is -2.13. The number of carbonyl (C=O) groups excluding carboxylic acids is 1. The summed E-state index contributed by atoms with van der Waals surface area (Å²) in [6.45, 7) is 4.05. The highest BCUT2D eigenvalue weighted by molar-refractivity contribution is 5.89. The lowest BCUT2D eigenvalue weighted by molar-refractivity contribution is 0.0526. The van der Waals surface area contributed by atoms with Gasteiger partial charge in [0, 0.05) is 42.9 Å². The Morgan fingerprint density at radius 2 is 1.59 bits per heavy atom. The Morgan fingerprint density at radius 3 is 2.21 bits per heavy atom. The van der Waals surface area contributed by atoms with Gasteiger partial charge < -0.3 is 20.3 Å². The highest BCUT2D eigenvalue weighted by Crippen LogP contribution is 2.21. The number of ether oxygens (including phenoxy) is 1. The van der Waals surface area contributed by atoms with E-state index >= 15 is 0 Å². The van der Waals surface area contributed by atoms with Crippen LogP contribution in [-0.2, 0) is 4.74 Å². The summed E-state index contributed by atoms with van der Waals surface area (Å²) in [5.41, 5.74) is 4.19. The summed E-state index contributed by atoms with van der Waals surface area (Å²) in [7, 11) is 4.01. The van der Waals surface area contributed by atoms with Crippen molar-refractivity contribution in [2.24, 2.45) is 0 Å². The Kier molecular flexibility index (Phi) is 6.29. The van der Waals surface area contributed by atoms with Gasteiger partial charge in [-0.1, -0.05) is 0 Å². The molecular weight excluding hydrogens is 366 g/mol. The molecule has 0 radical (unpaired) electrons. The molecule has 150 valence electrons. The molecule has 0 amide bonds. The van der Waals surface area contributed by atoms with E-state index < -0.39 is 0 Å². The van der Waals surface area contributed by atoms with Gasteiger partial charge in [-0.2, -0.15) is 4.98 Å².